The lowest BCUT2D eigenvalue weighted by Gasteiger charge is -2.23. The highest BCUT2D eigenvalue weighted by Crippen LogP contribution is 2.27. The molecule has 78 valence electrons. The van der Waals surface area contributed by atoms with E-state index in [1.54, 1.807) is 0 Å². The van der Waals surface area contributed by atoms with E-state index in [1.165, 1.54) is 0 Å². The summed E-state index contributed by atoms with van der Waals surface area (Å²) in [6, 6.07) is 0. The Morgan fingerprint density at radius 3 is 2.64 bits per heavy atom. The molecule has 0 aromatic rings. The van der Waals surface area contributed by atoms with Crippen LogP contribution in [0.2, 0.25) is 0 Å². The fourth-order valence-corrected chi connectivity index (χ4v) is 1.38. The molecule has 1 aliphatic carbocycles. The van der Waals surface area contributed by atoms with Crippen molar-refractivity contribution in [2.24, 2.45) is 11.3 Å². The summed E-state index contributed by atoms with van der Waals surface area (Å²) >= 11 is 0. The van der Waals surface area contributed by atoms with Gasteiger partial charge in [-0.1, -0.05) is 39.8 Å². The van der Waals surface area contributed by atoms with Crippen molar-refractivity contribution in [1.82, 2.24) is 5.32 Å². The lowest BCUT2D eigenvalue weighted by atomic mass is 9.85. The van der Waals surface area contributed by atoms with Crippen molar-refractivity contribution in [2.45, 2.75) is 34.1 Å². The van der Waals surface area contributed by atoms with Gasteiger partial charge in [-0.3, -0.25) is 4.79 Å². The Labute approximate surface area is 86.1 Å². The van der Waals surface area contributed by atoms with E-state index < -0.39 is 0 Å². The van der Waals surface area contributed by atoms with Crippen molar-refractivity contribution in [2.75, 3.05) is 0 Å². The molecule has 0 heterocycles. The zero-order valence-corrected chi connectivity index (χ0v) is 9.42. The maximum Gasteiger partial charge on any atom is 0.226 e. The summed E-state index contributed by atoms with van der Waals surface area (Å²) < 4.78 is 0. The van der Waals surface area contributed by atoms with Gasteiger partial charge in [0.15, 0.2) is 0 Å². The molecule has 0 saturated carbocycles. The second kappa shape index (κ2) is 3.99. The minimum absolute atomic E-state index is 0.0364. The van der Waals surface area contributed by atoms with Crippen LogP contribution in [-0.2, 0) is 4.79 Å². The number of amides is 1. The molecule has 0 aromatic carbocycles. The molecule has 0 fully saturated rings. The summed E-state index contributed by atoms with van der Waals surface area (Å²) in [5.41, 5.74) is 1.09. The van der Waals surface area contributed by atoms with Gasteiger partial charge in [-0.15, -0.1) is 0 Å². The van der Waals surface area contributed by atoms with Gasteiger partial charge in [0.1, 0.15) is 0 Å². The average Bonchev–Trinajstić information content (AvgIpc) is 2.01. The molecule has 0 aliphatic heterocycles. The van der Waals surface area contributed by atoms with Gasteiger partial charge in [-0.05, 0) is 17.9 Å². The third kappa shape index (κ3) is 3.02. The van der Waals surface area contributed by atoms with Crippen LogP contribution in [0.5, 0.6) is 0 Å². The van der Waals surface area contributed by atoms with Gasteiger partial charge in [-0.25, -0.2) is 0 Å². The van der Waals surface area contributed by atoms with Gasteiger partial charge in [0, 0.05) is 11.6 Å². The third-order valence-electron chi connectivity index (χ3n) is 2.28. The first kappa shape index (κ1) is 11.0. The van der Waals surface area contributed by atoms with Crippen LogP contribution in [-0.4, -0.2) is 5.91 Å². The van der Waals surface area contributed by atoms with Gasteiger partial charge in [0.25, 0.3) is 0 Å². The lowest BCUT2D eigenvalue weighted by molar-refractivity contribution is -0.123. The molecule has 1 N–H and O–H groups in total. The van der Waals surface area contributed by atoms with Gasteiger partial charge < -0.3 is 5.32 Å². The molecule has 14 heavy (non-hydrogen) atoms. The molecule has 0 aromatic heterocycles. The second-order valence-corrected chi connectivity index (χ2v) is 4.84. The van der Waals surface area contributed by atoms with Crippen molar-refractivity contribution in [3.05, 3.63) is 23.9 Å². The Balaban J connectivity index is 2.66. The van der Waals surface area contributed by atoms with E-state index in [9.17, 15) is 4.79 Å². The van der Waals surface area contributed by atoms with Crippen LogP contribution in [0, 0.1) is 11.3 Å². The van der Waals surface area contributed by atoms with Crippen LogP contribution in [0.3, 0.4) is 0 Å². The van der Waals surface area contributed by atoms with Crippen molar-refractivity contribution in [1.29, 1.82) is 0 Å². The molecule has 1 rings (SSSR count). The summed E-state index contributed by atoms with van der Waals surface area (Å²) in [6.45, 7) is 8.12. The maximum absolute atomic E-state index is 11.4. The predicted molar refractivity (Wildman–Crippen MR) is 58.6 cm³/mol. The van der Waals surface area contributed by atoms with E-state index in [0.29, 0.717) is 0 Å². The molecular formula is C12H19NO. The second-order valence-electron chi connectivity index (χ2n) is 4.84. The molecule has 0 atom stereocenters. The minimum Gasteiger partial charge on any atom is -0.326 e. The predicted octanol–water partition coefficient (Wildman–Crippen LogP) is 2.63. The fraction of sp³-hybridized carbons (Fsp3) is 0.583. The van der Waals surface area contributed by atoms with E-state index in [4.69, 9.17) is 0 Å². The van der Waals surface area contributed by atoms with Gasteiger partial charge in [-0.2, -0.15) is 0 Å². The van der Waals surface area contributed by atoms with Crippen LogP contribution in [0.1, 0.15) is 34.1 Å². The van der Waals surface area contributed by atoms with Crippen LogP contribution in [0.25, 0.3) is 0 Å². The smallest absolute Gasteiger partial charge is 0.226 e. The third-order valence-corrected chi connectivity index (χ3v) is 2.28. The Hall–Kier alpha value is -1.05. The normalized spacial score (nSPS) is 19.4. The van der Waals surface area contributed by atoms with Crippen molar-refractivity contribution >= 4 is 5.91 Å². The van der Waals surface area contributed by atoms with Crippen molar-refractivity contribution < 1.29 is 4.79 Å². The molecule has 1 amide bonds. The van der Waals surface area contributed by atoms with Crippen LogP contribution >= 0.6 is 0 Å². The quantitative estimate of drug-likeness (QED) is 0.717. The zero-order valence-electron chi connectivity index (χ0n) is 9.42. The first-order valence-electron chi connectivity index (χ1n) is 5.11. The Kier molecular flexibility index (Phi) is 3.14. The molecule has 0 unspecified atom stereocenters. The standard InChI is InChI=1S/C12H19NO/c1-9(2)11(14)13-10-6-5-7-12(3,4)8-10/h5-6,8-9H,7H2,1-4H3,(H,13,14). The lowest BCUT2D eigenvalue weighted by Crippen LogP contribution is -2.28. The molecule has 0 saturated heterocycles. The van der Waals surface area contributed by atoms with E-state index in [0.717, 1.165) is 12.1 Å². The van der Waals surface area contributed by atoms with Crippen LogP contribution in [0.15, 0.2) is 23.9 Å². The highest BCUT2D eigenvalue weighted by Gasteiger charge is 2.18. The zero-order chi connectivity index (χ0) is 10.8. The number of hydrogen-bond donors (Lipinski definition) is 1. The summed E-state index contributed by atoms with van der Waals surface area (Å²) in [6.07, 6.45) is 7.24. The highest BCUT2D eigenvalue weighted by molar-refractivity contribution is 5.80. The first-order valence-corrected chi connectivity index (χ1v) is 5.11. The fourth-order valence-electron chi connectivity index (χ4n) is 1.38. The molecule has 0 bridgehead atoms. The SMILES string of the molecule is CC(C)C(=O)NC1=CC(C)(C)CC=C1. The molecule has 1 aliphatic rings. The monoisotopic (exact) mass is 193 g/mol. The maximum atomic E-state index is 11.4. The largest absolute Gasteiger partial charge is 0.326 e. The highest BCUT2D eigenvalue weighted by atomic mass is 16.1. The van der Waals surface area contributed by atoms with Crippen molar-refractivity contribution in [3.8, 4) is 0 Å². The molecule has 0 radical (unpaired) electrons. The van der Waals surface area contributed by atoms with E-state index >= 15 is 0 Å². The van der Waals surface area contributed by atoms with E-state index in [2.05, 4.69) is 31.3 Å². The van der Waals surface area contributed by atoms with Crippen molar-refractivity contribution in [3.63, 3.8) is 0 Å². The number of carbonyl (C=O) groups is 1. The number of carbonyl (C=O) groups excluding carboxylic acids is 1. The Morgan fingerprint density at radius 2 is 2.14 bits per heavy atom. The number of allylic oxidation sites excluding steroid dienone is 3. The first-order chi connectivity index (χ1) is 6.41. The molecule has 2 nitrogen and oxygen atoms in total. The summed E-state index contributed by atoms with van der Waals surface area (Å²) in [5.74, 6) is 0.118. The van der Waals surface area contributed by atoms with Gasteiger partial charge >= 0.3 is 0 Å². The number of hydrogen-bond acceptors (Lipinski definition) is 1. The number of rotatable bonds is 2. The van der Waals surface area contributed by atoms with Gasteiger partial charge in [0.05, 0.1) is 0 Å². The Morgan fingerprint density at radius 1 is 1.50 bits per heavy atom. The topological polar surface area (TPSA) is 29.1 Å². The number of nitrogens with one attached hydrogen (secondary N) is 1. The van der Waals surface area contributed by atoms with E-state index in [1.807, 2.05) is 19.9 Å². The Bertz CT molecular complexity index is 285. The molecular weight excluding hydrogens is 174 g/mol. The van der Waals surface area contributed by atoms with E-state index in [-0.39, 0.29) is 17.2 Å². The summed E-state index contributed by atoms with van der Waals surface area (Å²) in [7, 11) is 0. The average molecular weight is 193 g/mol. The minimum atomic E-state index is 0.0364. The summed E-state index contributed by atoms with van der Waals surface area (Å²) in [4.78, 5) is 11.4. The van der Waals surface area contributed by atoms with Crippen LogP contribution < -0.4 is 5.32 Å². The van der Waals surface area contributed by atoms with Crippen LogP contribution in [0.4, 0.5) is 0 Å². The van der Waals surface area contributed by atoms with Gasteiger partial charge in [0.2, 0.25) is 5.91 Å². The summed E-state index contributed by atoms with van der Waals surface area (Å²) in [5, 5.41) is 2.91. The molecule has 2 heteroatoms. The molecule has 0 spiro atoms.